The number of methoxy groups -OCH3 is 1. The summed E-state index contributed by atoms with van der Waals surface area (Å²) in [5, 5.41) is 4.84. The predicted molar refractivity (Wildman–Crippen MR) is 88.3 cm³/mol. The van der Waals surface area contributed by atoms with Gasteiger partial charge < -0.3 is 24.8 Å². The molecule has 26 heavy (non-hydrogen) atoms. The predicted octanol–water partition coefficient (Wildman–Crippen LogP) is 0.476. The van der Waals surface area contributed by atoms with Gasteiger partial charge in [0.2, 0.25) is 0 Å². The molecule has 0 heterocycles. The second-order valence-corrected chi connectivity index (χ2v) is 4.95. The van der Waals surface area contributed by atoms with Crippen LogP contribution >= 0.6 is 0 Å². The summed E-state index contributed by atoms with van der Waals surface area (Å²) in [5.41, 5.74) is 0.376. The van der Waals surface area contributed by atoms with Crippen LogP contribution in [0, 0.1) is 0 Å². The first-order chi connectivity index (χ1) is 12.2. The molecule has 0 saturated heterocycles. The van der Waals surface area contributed by atoms with E-state index in [9.17, 15) is 24.0 Å². The second kappa shape index (κ2) is 9.77. The minimum atomic E-state index is -0.698. The Labute approximate surface area is 148 Å². The van der Waals surface area contributed by atoms with Crippen LogP contribution in [0.2, 0.25) is 0 Å². The minimum absolute atomic E-state index is 0.0561. The van der Waals surface area contributed by atoms with E-state index in [1.165, 1.54) is 25.3 Å². The van der Waals surface area contributed by atoms with Crippen molar-refractivity contribution in [1.82, 2.24) is 0 Å². The van der Waals surface area contributed by atoms with Gasteiger partial charge in [0.1, 0.15) is 0 Å². The molecular formula is C16H18N2O8. The first-order valence-electron chi connectivity index (χ1n) is 7.31. The van der Waals surface area contributed by atoms with Crippen LogP contribution in [0.3, 0.4) is 0 Å². The van der Waals surface area contributed by atoms with Crippen molar-refractivity contribution < 1.29 is 38.2 Å². The molecule has 0 unspecified atom stereocenters. The minimum Gasteiger partial charge on any atom is -0.465 e. The lowest BCUT2D eigenvalue weighted by atomic mass is 10.1. The van der Waals surface area contributed by atoms with Crippen LogP contribution in [0.25, 0.3) is 0 Å². The van der Waals surface area contributed by atoms with Gasteiger partial charge >= 0.3 is 17.9 Å². The van der Waals surface area contributed by atoms with Crippen LogP contribution in [-0.2, 0) is 33.4 Å². The van der Waals surface area contributed by atoms with Gasteiger partial charge in [0.15, 0.2) is 13.2 Å². The summed E-state index contributed by atoms with van der Waals surface area (Å²) < 4.78 is 13.7. The Morgan fingerprint density at radius 3 is 1.58 bits per heavy atom. The quantitative estimate of drug-likeness (QED) is 0.525. The molecule has 0 aliphatic carbocycles. The van der Waals surface area contributed by atoms with E-state index in [0.717, 1.165) is 13.8 Å². The van der Waals surface area contributed by atoms with E-state index in [-0.39, 0.29) is 16.9 Å². The highest BCUT2D eigenvalue weighted by Gasteiger charge is 2.13. The van der Waals surface area contributed by atoms with Crippen molar-refractivity contribution in [2.45, 2.75) is 13.8 Å². The molecule has 0 aliphatic heterocycles. The van der Waals surface area contributed by atoms with Gasteiger partial charge in [-0.2, -0.15) is 0 Å². The number of rotatable bonds is 7. The van der Waals surface area contributed by atoms with Crippen LogP contribution in [0.4, 0.5) is 11.4 Å². The van der Waals surface area contributed by atoms with E-state index in [4.69, 9.17) is 0 Å². The SMILES string of the molecule is COC(=O)c1cc(NC(=O)COC(C)=O)cc(NC(=O)COC(C)=O)c1. The zero-order valence-electron chi connectivity index (χ0n) is 14.4. The topological polar surface area (TPSA) is 137 Å². The molecule has 0 aromatic heterocycles. The van der Waals surface area contributed by atoms with E-state index in [1.54, 1.807) is 0 Å². The van der Waals surface area contributed by atoms with E-state index in [0.29, 0.717) is 0 Å². The standard InChI is InChI=1S/C16H18N2O8/c1-9(19)25-7-14(21)17-12-4-11(16(23)24-3)5-13(6-12)18-15(22)8-26-10(2)20/h4-6H,7-8H2,1-3H3,(H,17,21)(H,18,22). The highest BCUT2D eigenvalue weighted by atomic mass is 16.5. The van der Waals surface area contributed by atoms with Gasteiger partial charge in [-0.1, -0.05) is 0 Å². The average Bonchev–Trinajstić information content (AvgIpc) is 2.57. The average molecular weight is 366 g/mol. The molecule has 0 bridgehead atoms. The third-order valence-corrected chi connectivity index (χ3v) is 2.73. The summed E-state index contributed by atoms with van der Waals surface area (Å²) in [6.07, 6.45) is 0. The molecule has 0 aliphatic rings. The summed E-state index contributed by atoms with van der Waals surface area (Å²) in [6.45, 7) is 1.29. The van der Waals surface area contributed by atoms with Crippen LogP contribution in [0.15, 0.2) is 18.2 Å². The number of amides is 2. The molecule has 2 N–H and O–H groups in total. The zero-order valence-corrected chi connectivity index (χ0v) is 14.4. The summed E-state index contributed by atoms with van der Waals surface area (Å²) in [4.78, 5) is 56.6. The fraction of sp³-hybridized carbons (Fsp3) is 0.312. The number of hydrogen-bond donors (Lipinski definition) is 2. The molecule has 2 amide bonds. The molecule has 140 valence electrons. The molecule has 0 fully saturated rings. The lowest BCUT2D eigenvalue weighted by Crippen LogP contribution is -2.21. The van der Waals surface area contributed by atoms with Gasteiger partial charge in [-0.3, -0.25) is 19.2 Å². The molecule has 0 spiro atoms. The lowest BCUT2D eigenvalue weighted by molar-refractivity contribution is -0.145. The van der Waals surface area contributed by atoms with Gasteiger partial charge in [0.25, 0.3) is 11.8 Å². The molecule has 0 atom stereocenters. The van der Waals surface area contributed by atoms with Crippen LogP contribution < -0.4 is 10.6 Å². The molecule has 10 heteroatoms. The van der Waals surface area contributed by atoms with Gasteiger partial charge in [0.05, 0.1) is 12.7 Å². The third kappa shape index (κ3) is 7.43. The van der Waals surface area contributed by atoms with Crippen molar-refractivity contribution in [3.05, 3.63) is 23.8 Å². The largest absolute Gasteiger partial charge is 0.465 e. The fourth-order valence-electron chi connectivity index (χ4n) is 1.74. The molecule has 10 nitrogen and oxygen atoms in total. The smallest absolute Gasteiger partial charge is 0.337 e. The van der Waals surface area contributed by atoms with E-state index in [2.05, 4.69) is 24.8 Å². The van der Waals surface area contributed by atoms with Crippen molar-refractivity contribution in [2.75, 3.05) is 31.0 Å². The van der Waals surface area contributed by atoms with E-state index < -0.39 is 42.9 Å². The highest BCUT2D eigenvalue weighted by Crippen LogP contribution is 2.20. The number of ether oxygens (including phenoxy) is 3. The van der Waals surface area contributed by atoms with E-state index in [1.807, 2.05) is 0 Å². The molecule has 1 aromatic carbocycles. The second-order valence-electron chi connectivity index (χ2n) is 4.95. The Kier molecular flexibility index (Phi) is 7.74. The number of hydrogen-bond acceptors (Lipinski definition) is 8. The van der Waals surface area contributed by atoms with Crippen molar-refractivity contribution in [1.29, 1.82) is 0 Å². The van der Waals surface area contributed by atoms with Crippen molar-refractivity contribution >= 4 is 41.1 Å². The first-order valence-corrected chi connectivity index (χ1v) is 7.31. The number of carbonyl (C=O) groups is 5. The van der Waals surface area contributed by atoms with Gasteiger partial charge in [-0.15, -0.1) is 0 Å². The number of esters is 3. The molecule has 1 aromatic rings. The maximum Gasteiger partial charge on any atom is 0.337 e. The maximum atomic E-state index is 11.7. The fourth-order valence-corrected chi connectivity index (χ4v) is 1.74. The molecule has 0 saturated carbocycles. The lowest BCUT2D eigenvalue weighted by Gasteiger charge is -2.11. The van der Waals surface area contributed by atoms with Crippen LogP contribution in [0.5, 0.6) is 0 Å². The van der Waals surface area contributed by atoms with E-state index >= 15 is 0 Å². The Balaban J connectivity index is 2.94. The Morgan fingerprint density at radius 2 is 1.23 bits per heavy atom. The number of nitrogens with one attached hydrogen (secondary N) is 2. The monoisotopic (exact) mass is 366 g/mol. The Hall–Kier alpha value is -3.43. The first kappa shape index (κ1) is 20.6. The Bertz CT molecular complexity index is 679. The van der Waals surface area contributed by atoms with Crippen LogP contribution in [-0.4, -0.2) is 50.0 Å². The van der Waals surface area contributed by atoms with Crippen LogP contribution in [0.1, 0.15) is 24.2 Å². The van der Waals surface area contributed by atoms with Gasteiger partial charge in [0, 0.05) is 25.2 Å². The molecule has 0 radical (unpaired) electrons. The highest BCUT2D eigenvalue weighted by molar-refractivity contribution is 5.99. The summed E-state index contributed by atoms with van der Waals surface area (Å²) in [6, 6.07) is 4.00. The maximum absolute atomic E-state index is 11.7. The summed E-state index contributed by atoms with van der Waals surface area (Å²) in [5.74, 6) is -3.22. The van der Waals surface area contributed by atoms with Gasteiger partial charge in [-0.25, -0.2) is 4.79 Å². The molecular weight excluding hydrogens is 348 g/mol. The van der Waals surface area contributed by atoms with Crippen molar-refractivity contribution in [3.8, 4) is 0 Å². The third-order valence-electron chi connectivity index (χ3n) is 2.73. The number of carbonyl (C=O) groups excluding carboxylic acids is 5. The van der Waals surface area contributed by atoms with Crippen molar-refractivity contribution in [2.24, 2.45) is 0 Å². The molecule has 1 rings (SSSR count). The summed E-state index contributed by atoms with van der Waals surface area (Å²) >= 11 is 0. The zero-order chi connectivity index (χ0) is 19.7. The summed E-state index contributed by atoms with van der Waals surface area (Å²) in [7, 11) is 1.17. The van der Waals surface area contributed by atoms with Crippen molar-refractivity contribution in [3.63, 3.8) is 0 Å². The number of benzene rings is 1. The normalized spacial score (nSPS) is 9.65. The number of anilines is 2. The van der Waals surface area contributed by atoms with Gasteiger partial charge in [-0.05, 0) is 18.2 Å². The Morgan fingerprint density at radius 1 is 0.808 bits per heavy atom.